The number of carbonyl (C=O) groups is 1. The molecule has 78 valence electrons. The van der Waals surface area contributed by atoms with Crippen molar-refractivity contribution in [3.05, 3.63) is 16.6 Å². The average Bonchev–Trinajstić information content (AvgIpc) is 2.56. The summed E-state index contributed by atoms with van der Waals surface area (Å²) >= 11 is 7.11. The lowest BCUT2D eigenvalue weighted by molar-refractivity contribution is -0.136. The maximum absolute atomic E-state index is 10.5. The van der Waals surface area contributed by atoms with E-state index in [0.717, 1.165) is 5.69 Å². The Kier molecular flexibility index (Phi) is 4.31. The fourth-order valence-corrected chi connectivity index (χ4v) is 1.79. The molecule has 1 rings (SSSR count). The van der Waals surface area contributed by atoms with E-state index in [1.165, 1.54) is 11.3 Å². The molecule has 0 bridgehead atoms. The van der Waals surface area contributed by atoms with Crippen molar-refractivity contribution in [2.24, 2.45) is 0 Å². The molecule has 1 N–H and O–H groups in total. The number of hydrogen-bond acceptors (Lipinski definition) is 4. The van der Waals surface area contributed by atoms with E-state index in [-0.39, 0.29) is 0 Å². The first-order chi connectivity index (χ1) is 6.59. The standard InChI is InChI=1S/C8H11ClN2O2S/c1-11(3-7(9)8(12)13)2-6-4-14-5-10-6/h4-5,7H,2-3H2,1H3,(H,12,13). The quantitative estimate of drug-likeness (QED) is 0.780. The Morgan fingerprint density at radius 2 is 2.57 bits per heavy atom. The minimum atomic E-state index is -0.989. The van der Waals surface area contributed by atoms with Gasteiger partial charge in [-0.3, -0.25) is 9.69 Å². The van der Waals surface area contributed by atoms with Gasteiger partial charge in [0.05, 0.1) is 11.2 Å². The van der Waals surface area contributed by atoms with Crippen LogP contribution < -0.4 is 0 Å². The highest BCUT2D eigenvalue weighted by molar-refractivity contribution is 7.07. The number of rotatable bonds is 5. The maximum atomic E-state index is 10.5. The summed E-state index contributed by atoms with van der Waals surface area (Å²) in [7, 11) is 1.82. The number of halogens is 1. The van der Waals surface area contributed by atoms with E-state index in [4.69, 9.17) is 16.7 Å². The van der Waals surface area contributed by atoms with Crippen LogP contribution in [0.2, 0.25) is 0 Å². The van der Waals surface area contributed by atoms with Crippen LogP contribution in [0.25, 0.3) is 0 Å². The van der Waals surface area contributed by atoms with E-state index in [0.29, 0.717) is 13.1 Å². The van der Waals surface area contributed by atoms with Gasteiger partial charge in [-0.15, -0.1) is 22.9 Å². The van der Waals surface area contributed by atoms with E-state index in [1.54, 1.807) is 5.51 Å². The number of aromatic nitrogens is 1. The molecule has 4 nitrogen and oxygen atoms in total. The summed E-state index contributed by atoms with van der Waals surface area (Å²) in [4.78, 5) is 16.4. The Bertz CT molecular complexity index is 292. The summed E-state index contributed by atoms with van der Waals surface area (Å²) < 4.78 is 0. The third kappa shape index (κ3) is 3.61. The second-order valence-corrected chi connectivity index (χ2v) is 4.23. The molecule has 0 aliphatic heterocycles. The molecule has 1 aromatic heterocycles. The van der Waals surface area contributed by atoms with Gasteiger partial charge in [0.1, 0.15) is 5.38 Å². The summed E-state index contributed by atoms with van der Waals surface area (Å²) in [5.74, 6) is -0.989. The fourth-order valence-electron chi connectivity index (χ4n) is 1.01. The van der Waals surface area contributed by atoms with E-state index >= 15 is 0 Å². The van der Waals surface area contributed by atoms with Crippen LogP contribution in [0.5, 0.6) is 0 Å². The highest BCUT2D eigenvalue weighted by Crippen LogP contribution is 2.06. The van der Waals surface area contributed by atoms with Gasteiger partial charge in [-0.2, -0.15) is 0 Å². The van der Waals surface area contributed by atoms with E-state index in [1.807, 2.05) is 17.3 Å². The van der Waals surface area contributed by atoms with Crippen molar-refractivity contribution in [3.63, 3.8) is 0 Å². The molecule has 1 unspecified atom stereocenters. The molecule has 0 saturated carbocycles. The van der Waals surface area contributed by atoms with Crippen molar-refractivity contribution in [1.29, 1.82) is 0 Å². The Balaban J connectivity index is 2.36. The first-order valence-electron chi connectivity index (χ1n) is 4.02. The Morgan fingerprint density at radius 1 is 1.86 bits per heavy atom. The van der Waals surface area contributed by atoms with Crippen molar-refractivity contribution >= 4 is 28.9 Å². The minimum absolute atomic E-state index is 0.314. The molecule has 0 aromatic carbocycles. The number of carboxylic acid groups (broad SMARTS) is 1. The lowest BCUT2D eigenvalue weighted by Gasteiger charge is -2.16. The van der Waals surface area contributed by atoms with Gasteiger partial charge in [0.15, 0.2) is 0 Å². The molecule has 6 heteroatoms. The average molecular weight is 235 g/mol. The van der Waals surface area contributed by atoms with Crippen LogP contribution in [0.4, 0.5) is 0 Å². The number of alkyl halides is 1. The summed E-state index contributed by atoms with van der Waals surface area (Å²) in [6, 6.07) is 0. The molecule has 14 heavy (non-hydrogen) atoms. The molecule has 0 fully saturated rings. The van der Waals surface area contributed by atoms with Crippen molar-refractivity contribution in [3.8, 4) is 0 Å². The van der Waals surface area contributed by atoms with Crippen LogP contribution in [0, 0.1) is 0 Å². The maximum Gasteiger partial charge on any atom is 0.322 e. The van der Waals surface area contributed by atoms with Gasteiger partial charge in [0.2, 0.25) is 0 Å². The highest BCUT2D eigenvalue weighted by atomic mass is 35.5. The summed E-state index contributed by atoms with van der Waals surface area (Å²) in [5.41, 5.74) is 2.69. The third-order valence-corrected chi connectivity index (χ3v) is 2.62. The molecule has 0 radical (unpaired) electrons. The second-order valence-electron chi connectivity index (χ2n) is 2.98. The first-order valence-corrected chi connectivity index (χ1v) is 5.40. The molecule has 0 aliphatic rings. The SMILES string of the molecule is CN(Cc1cscn1)CC(Cl)C(=O)O. The number of nitrogens with zero attached hydrogens (tertiary/aromatic N) is 2. The summed E-state index contributed by atoms with van der Waals surface area (Å²) in [5, 5.41) is 9.65. The molecule has 0 spiro atoms. The smallest absolute Gasteiger partial charge is 0.322 e. The van der Waals surface area contributed by atoms with Crippen molar-refractivity contribution < 1.29 is 9.90 Å². The molecule has 0 amide bonds. The van der Waals surface area contributed by atoms with Gasteiger partial charge in [0, 0.05) is 18.5 Å². The summed E-state index contributed by atoms with van der Waals surface area (Å²) in [6.45, 7) is 0.939. The number of hydrogen-bond donors (Lipinski definition) is 1. The molecule has 0 aliphatic carbocycles. The van der Waals surface area contributed by atoms with Crippen molar-refractivity contribution in [1.82, 2.24) is 9.88 Å². The fraction of sp³-hybridized carbons (Fsp3) is 0.500. The lowest BCUT2D eigenvalue weighted by Crippen LogP contribution is -2.30. The number of carboxylic acids is 1. The molecular weight excluding hydrogens is 224 g/mol. The van der Waals surface area contributed by atoms with Gasteiger partial charge >= 0.3 is 5.97 Å². The van der Waals surface area contributed by atoms with Crippen LogP contribution in [-0.2, 0) is 11.3 Å². The molecule has 1 atom stereocenters. The predicted octanol–water partition coefficient (Wildman–Crippen LogP) is 1.27. The van der Waals surface area contributed by atoms with Crippen LogP contribution in [0.3, 0.4) is 0 Å². The van der Waals surface area contributed by atoms with Gasteiger partial charge in [-0.25, -0.2) is 4.98 Å². The van der Waals surface area contributed by atoms with Crippen molar-refractivity contribution in [2.45, 2.75) is 11.9 Å². The zero-order valence-electron chi connectivity index (χ0n) is 7.68. The number of aliphatic carboxylic acids is 1. The molecule has 1 heterocycles. The Labute approximate surface area is 91.1 Å². The topological polar surface area (TPSA) is 53.4 Å². The van der Waals surface area contributed by atoms with Crippen LogP contribution >= 0.6 is 22.9 Å². The normalized spacial score (nSPS) is 13.1. The van der Waals surface area contributed by atoms with Gasteiger partial charge < -0.3 is 5.11 Å². The van der Waals surface area contributed by atoms with Crippen LogP contribution in [0.1, 0.15) is 5.69 Å². The van der Waals surface area contributed by atoms with Crippen LogP contribution in [-0.4, -0.2) is 39.9 Å². The summed E-state index contributed by atoms with van der Waals surface area (Å²) in [6.07, 6.45) is 0. The predicted molar refractivity (Wildman–Crippen MR) is 55.7 cm³/mol. The zero-order valence-corrected chi connectivity index (χ0v) is 9.25. The lowest BCUT2D eigenvalue weighted by atomic mass is 10.3. The number of thiazole rings is 1. The third-order valence-electron chi connectivity index (χ3n) is 1.66. The monoisotopic (exact) mass is 234 g/mol. The van der Waals surface area contributed by atoms with E-state index < -0.39 is 11.3 Å². The molecular formula is C8H11ClN2O2S. The highest BCUT2D eigenvalue weighted by Gasteiger charge is 2.16. The Morgan fingerprint density at radius 3 is 3.07 bits per heavy atom. The van der Waals surface area contributed by atoms with Gasteiger partial charge in [-0.05, 0) is 7.05 Å². The zero-order chi connectivity index (χ0) is 10.6. The Hall–Kier alpha value is -0.650. The largest absolute Gasteiger partial charge is 0.480 e. The first kappa shape index (κ1) is 11.4. The van der Waals surface area contributed by atoms with E-state index in [9.17, 15) is 4.79 Å². The van der Waals surface area contributed by atoms with Gasteiger partial charge in [-0.1, -0.05) is 0 Å². The van der Waals surface area contributed by atoms with Gasteiger partial charge in [0.25, 0.3) is 0 Å². The van der Waals surface area contributed by atoms with E-state index in [2.05, 4.69) is 4.98 Å². The second kappa shape index (κ2) is 5.29. The minimum Gasteiger partial charge on any atom is -0.480 e. The molecule has 1 aromatic rings. The van der Waals surface area contributed by atoms with Crippen LogP contribution in [0.15, 0.2) is 10.9 Å². The van der Waals surface area contributed by atoms with Crippen molar-refractivity contribution in [2.75, 3.05) is 13.6 Å². The molecule has 0 saturated heterocycles.